The summed E-state index contributed by atoms with van der Waals surface area (Å²) in [6.45, 7) is 8.46. The highest BCUT2D eigenvalue weighted by molar-refractivity contribution is 6.30. The smallest absolute Gasteiger partial charge is 0.0969 e. The van der Waals surface area contributed by atoms with Crippen LogP contribution in [-0.4, -0.2) is 11.9 Å². The second-order valence-corrected chi connectivity index (χ2v) is 4.89. The molecule has 0 amide bonds. The number of amidine groups is 1. The topological polar surface area (TPSA) is 24.4 Å². The zero-order chi connectivity index (χ0) is 12.8. The molecular weight excluding hydrogens is 232 g/mol. The summed E-state index contributed by atoms with van der Waals surface area (Å²) in [4.78, 5) is 4.70. The number of nitrogens with zero attached hydrogens (tertiary/aromatic N) is 1. The molecule has 1 aromatic carbocycles. The first kappa shape index (κ1) is 14.0. The van der Waals surface area contributed by atoms with E-state index < -0.39 is 0 Å². The van der Waals surface area contributed by atoms with Crippen LogP contribution in [0, 0.1) is 0 Å². The largest absolute Gasteiger partial charge is 0.372 e. The first-order valence-corrected chi connectivity index (χ1v) is 6.49. The van der Waals surface area contributed by atoms with Gasteiger partial charge in [0.15, 0.2) is 0 Å². The summed E-state index contributed by atoms with van der Waals surface area (Å²) >= 11 is 5.87. The molecule has 0 fully saturated rings. The van der Waals surface area contributed by atoms with Crippen LogP contribution in [0.15, 0.2) is 29.3 Å². The number of hydrogen-bond donors (Lipinski definition) is 1. The molecule has 0 radical (unpaired) electrons. The van der Waals surface area contributed by atoms with Crippen LogP contribution in [0.2, 0.25) is 5.02 Å². The lowest BCUT2D eigenvalue weighted by atomic mass is 10.1. The van der Waals surface area contributed by atoms with E-state index >= 15 is 0 Å². The molecule has 0 spiro atoms. The van der Waals surface area contributed by atoms with Crippen molar-refractivity contribution in [1.82, 2.24) is 5.32 Å². The van der Waals surface area contributed by atoms with Gasteiger partial charge in [-0.15, -0.1) is 0 Å². The fourth-order valence-electron chi connectivity index (χ4n) is 1.61. The predicted molar refractivity (Wildman–Crippen MR) is 75.9 cm³/mol. The minimum Gasteiger partial charge on any atom is -0.372 e. The molecule has 0 aromatic heterocycles. The van der Waals surface area contributed by atoms with E-state index in [2.05, 4.69) is 33.0 Å². The lowest BCUT2D eigenvalue weighted by molar-refractivity contribution is 0.705. The second kappa shape index (κ2) is 6.65. The Kier molecular flexibility index (Phi) is 5.49. The maximum absolute atomic E-state index is 5.87. The third-order valence-electron chi connectivity index (χ3n) is 2.49. The van der Waals surface area contributed by atoms with E-state index in [1.54, 1.807) is 0 Å². The highest BCUT2D eigenvalue weighted by Crippen LogP contribution is 2.19. The van der Waals surface area contributed by atoms with E-state index in [0.29, 0.717) is 6.04 Å². The Labute approximate surface area is 109 Å². The third kappa shape index (κ3) is 4.78. The molecule has 17 heavy (non-hydrogen) atoms. The van der Waals surface area contributed by atoms with E-state index in [4.69, 9.17) is 16.6 Å². The SMILES string of the molecule is CCC(=NC(C)c1ccc(Cl)cc1)NC(C)C. The third-order valence-corrected chi connectivity index (χ3v) is 2.74. The van der Waals surface area contributed by atoms with Gasteiger partial charge in [-0.2, -0.15) is 0 Å². The summed E-state index contributed by atoms with van der Waals surface area (Å²) in [7, 11) is 0. The summed E-state index contributed by atoms with van der Waals surface area (Å²) in [5.74, 6) is 1.06. The van der Waals surface area contributed by atoms with Crippen molar-refractivity contribution in [2.75, 3.05) is 0 Å². The van der Waals surface area contributed by atoms with E-state index in [9.17, 15) is 0 Å². The van der Waals surface area contributed by atoms with Crippen LogP contribution in [0.25, 0.3) is 0 Å². The Morgan fingerprint density at radius 2 is 1.82 bits per heavy atom. The van der Waals surface area contributed by atoms with Gasteiger partial charge in [-0.25, -0.2) is 0 Å². The van der Waals surface area contributed by atoms with Crippen LogP contribution >= 0.6 is 11.6 Å². The average molecular weight is 253 g/mol. The van der Waals surface area contributed by atoms with Crippen molar-refractivity contribution in [3.8, 4) is 0 Å². The molecule has 0 aliphatic carbocycles. The molecule has 0 heterocycles. The molecule has 0 saturated heterocycles. The van der Waals surface area contributed by atoms with Gasteiger partial charge in [-0.3, -0.25) is 4.99 Å². The number of halogens is 1. The first-order chi connectivity index (χ1) is 8.02. The second-order valence-electron chi connectivity index (χ2n) is 4.46. The maximum atomic E-state index is 5.87. The minimum absolute atomic E-state index is 0.161. The zero-order valence-corrected chi connectivity index (χ0v) is 11.8. The fraction of sp³-hybridized carbons (Fsp3) is 0.500. The van der Waals surface area contributed by atoms with Gasteiger partial charge in [0, 0.05) is 17.5 Å². The van der Waals surface area contributed by atoms with Gasteiger partial charge in [0.25, 0.3) is 0 Å². The highest BCUT2D eigenvalue weighted by Gasteiger charge is 2.05. The van der Waals surface area contributed by atoms with Crippen LogP contribution in [-0.2, 0) is 0 Å². The van der Waals surface area contributed by atoms with Gasteiger partial charge >= 0.3 is 0 Å². The van der Waals surface area contributed by atoms with Gasteiger partial charge < -0.3 is 5.32 Å². The van der Waals surface area contributed by atoms with Crippen molar-refractivity contribution in [1.29, 1.82) is 0 Å². The van der Waals surface area contributed by atoms with Crippen molar-refractivity contribution >= 4 is 17.4 Å². The molecule has 1 N–H and O–H groups in total. The predicted octanol–water partition coefficient (Wildman–Crippen LogP) is 4.21. The van der Waals surface area contributed by atoms with Crippen molar-refractivity contribution in [3.05, 3.63) is 34.9 Å². The summed E-state index contributed by atoms with van der Waals surface area (Å²) in [5.41, 5.74) is 1.19. The lowest BCUT2D eigenvalue weighted by Gasteiger charge is -2.14. The van der Waals surface area contributed by atoms with E-state index in [0.717, 1.165) is 17.3 Å². The number of benzene rings is 1. The zero-order valence-electron chi connectivity index (χ0n) is 11.0. The number of rotatable bonds is 4. The van der Waals surface area contributed by atoms with Crippen molar-refractivity contribution in [2.24, 2.45) is 4.99 Å². The average Bonchev–Trinajstić information content (AvgIpc) is 2.28. The Bertz CT molecular complexity index is 368. The molecule has 0 aliphatic heterocycles. The first-order valence-electron chi connectivity index (χ1n) is 6.11. The molecule has 1 rings (SSSR count). The summed E-state index contributed by atoms with van der Waals surface area (Å²) in [6, 6.07) is 8.45. The highest BCUT2D eigenvalue weighted by atomic mass is 35.5. The van der Waals surface area contributed by atoms with Gasteiger partial charge in [0.1, 0.15) is 0 Å². The number of aliphatic imine (C=N–C) groups is 1. The summed E-state index contributed by atoms with van der Waals surface area (Å²) < 4.78 is 0. The summed E-state index contributed by atoms with van der Waals surface area (Å²) in [5, 5.41) is 4.13. The van der Waals surface area contributed by atoms with Crippen LogP contribution in [0.1, 0.15) is 45.7 Å². The quantitative estimate of drug-likeness (QED) is 0.630. The van der Waals surface area contributed by atoms with Gasteiger partial charge in [0.05, 0.1) is 11.9 Å². The Morgan fingerprint density at radius 1 is 1.24 bits per heavy atom. The molecule has 1 aromatic rings. The monoisotopic (exact) mass is 252 g/mol. The van der Waals surface area contributed by atoms with Crippen LogP contribution in [0.4, 0.5) is 0 Å². The molecule has 0 aliphatic rings. The van der Waals surface area contributed by atoms with Crippen molar-refractivity contribution in [2.45, 2.75) is 46.2 Å². The normalized spacial score (nSPS) is 13.9. The number of hydrogen-bond acceptors (Lipinski definition) is 1. The lowest BCUT2D eigenvalue weighted by Crippen LogP contribution is -2.30. The van der Waals surface area contributed by atoms with Gasteiger partial charge in [-0.1, -0.05) is 30.7 Å². The maximum Gasteiger partial charge on any atom is 0.0969 e. The Morgan fingerprint density at radius 3 is 2.29 bits per heavy atom. The standard InChI is InChI=1S/C14H21ClN2/c1-5-14(16-10(2)3)17-11(4)12-6-8-13(15)9-7-12/h6-11H,5H2,1-4H3,(H,16,17). The molecular formula is C14H21ClN2. The molecule has 1 atom stereocenters. The molecule has 3 heteroatoms. The van der Waals surface area contributed by atoms with Gasteiger partial charge in [0.2, 0.25) is 0 Å². The molecule has 2 nitrogen and oxygen atoms in total. The van der Waals surface area contributed by atoms with Crippen LogP contribution in [0.3, 0.4) is 0 Å². The fourth-order valence-corrected chi connectivity index (χ4v) is 1.74. The Hall–Kier alpha value is -1.02. The van der Waals surface area contributed by atoms with Crippen LogP contribution in [0.5, 0.6) is 0 Å². The van der Waals surface area contributed by atoms with E-state index in [1.165, 1.54) is 5.56 Å². The number of nitrogens with one attached hydrogen (secondary N) is 1. The van der Waals surface area contributed by atoms with E-state index in [1.807, 2.05) is 24.3 Å². The van der Waals surface area contributed by atoms with E-state index in [-0.39, 0.29) is 6.04 Å². The summed E-state index contributed by atoms with van der Waals surface area (Å²) in [6.07, 6.45) is 0.927. The Balaban J connectivity index is 2.77. The molecule has 0 saturated carbocycles. The van der Waals surface area contributed by atoms with Crippen LogP contribution < -0.4 is 5.32 Å². The minimum atomic E-state index is 0.161. The van der Waals surface area contributed by atoms with Crippen molar-refractivity contribution in [3.63, 3.8) is 0 Å². The molecule has 1 unspecified atom stereocenters. The van der Waals surface area contributed by atoms with Gasteiger partial charge in [-0.05, 0) is 38.5 Å². The van der Waals surface area contributed by atoms with Crippen molar-refractivity contribution < 1.29 is 0 Å². The molecule has 0 bridgehead atoms. The molecule has 94 valence electrons.